The molecule has 1 aromatic rings. The van der Waals surface area contributed by atoms with Gasteiger partial charge in [0.15, 0.2) is 0 Å². The van der Waals surface area contributed by atoms with Gasteiger partial charge in [-0.15, -0.1) is 22.9 Å². The van der Waals surface area contributed by atoms with E-state index in [1.54, 1.807) is 6.07 Å². The fourth-order valence-electron chi connectivity index (χ4n) is 1.37. The zero-order valence-corrected chi connectivity index (χ0v) is 11.8. The lowest BCUT2D eigenvalue weighted by Crippen LogP contribution is -2.33. The van der Waals surface area contributed by atoms with Gasteiger partial charge in [-0.05, 0) is 25.5 Å². The summed E-state index contributed by atoms with van der Waals surface area (Å²) >= 11 is 6.93. The second kappa shape index (κ2) is 6.00. The van der Waals surface area contributed by atoms with Gasteiger partial charge >= 0.3 is 0 Å². The van der Waals surface area contributed by atoms with Crippen molar-refractivity contribution < 1.29 is 8.42 Å². The number of hydrogen-bond acceptors (Lipinski definition) is 3. The molecule has 0 atom stereocenters. The average Bonchev–Trinajstić information content (AvgIpc) is 2.65. The van der Waals surface area contributed by atoms with Crippen LogP contribution < -0.4 is 0 Å². The topological polar surface area (TPSA) is 37.4 Å². The second-order valence-corrected chi connectivity index (χ2v) is 7.29. The summed E-state index contributed by atoms with van der Waals surface area (Å²) in [4.78, 5) is 1.00. The van der Waals surface area contributed by atoms with Gasteiger partial charge in [-0.3, -0.25) is 0 Å². The van der Waals surface area contributed by atoms with Crippen LogP contribution in [-0.2, 0) is 10.0 Å². The van der Waals surface area contributed by atoms with Crippen LogP contribution in [0.15, 0.2) is 16.3 Å². The Morgan fingerprint density at radius 2 is 2.06 bits per heavy atom. The molecule has 0 N–H and O–H groups in total. The molecule has 0 fully saturated rings. The zero-order chi connectivity index (χ0) is 12.2. The molecule has 0 aliphatic carbocycles. The average molecular weight is 282 g/mol. The first-order chi connectivity index (χ1) is 7.52. The molecule has 0 aliphatic rings. The van der Waals surface area contributed by atoms with Crippen LogP contribution >= 0.6 is 22.9 Å². The third-order valence-corrected chi connectivity index (χ3v) is 5.65. The van der Waals surface area contributed by atoms with Crippen molar-refractivity contribution >= 4 is 33.0 Å². The van der Waals surface area contributed by atoms with E-state index >= 15 is 0 Å². The third-order valence-electron chi connectivity index (χ3n) is 2.12. The van der Waals surface area contributed by atoms with Crippen LogP contribution in [0.25, 0.3) is 0 Å². The van der Waals surface area contributed by atoms with Crippen LogP contribution in [0.2, 0.25) is 0 Å². The van der Waals surface area contributed by atoms with Crippen molar-refractivity contribution in [1.29, 1.82) is 0 Å². The van der Waals surface area contributed by atoms with E-state index in [1.807, 2.05) is 19.9 Å². The van der Waals surface area contributed by atoms with Crippen molar-refractivity contribution in [2.75, 3.05) is 19.0 Å². The minimum absolute atomic E-state index is 0.323. The van der Waals surface area contributed by atoms with E-state index < -0.39 is 10.0 Å². The highest BCUT2D eigenvalue weighted by molar-refractivity contribution is 7.91. The second-order valence-electron chi connectivity index (χ2n) is 3.46. The summed E-state index contributed by atoms with van der Waals surface area (Å²) in [5.74, 6) is 0.323. The van der Waals surface area contributed by atoms with Crippen LogP contribution in [0.1, 0.15) is 18.2 Å². The minimum atomic E-state index is -3.34. The minimum Gasteiger partial charge on any atom is -0.206 e. The van der Waals surface area contributed by atoms with Gasteiger partial charge in [-0.1, -0.05) is 6.92 Å². The lowest BCUT2D eigenvalue weighted by molar-refractivity contribution is 0.430. The molecule has 0 aromatic carbocycles. The number of rotatable bonds is 6. The lowest BCUT2D eigenvalue weighted by atomic mass is 10.5. The van der Waals surface area contributed by atoms with Crippen molar-refractivity contribution in [2.45, 2.75) is 24.5 Å². The van der Waals surface area contributed by atoms with E-state index in [1.165, 1.54) is 15.6 Å². The normalized spacial score (nSPS) is 12.2. The number of aryl methyl sites for hydroxylation is 1. The standard InChI is InChI=1S/C10H16ClNO2S2/c1-3-7-12(8-6-11)16(13,14)10-5-4-9(2)15-10/h4-5H,3,6-8H2,1-2H3. The van der Waals surface area contributed by atoms with E-state index in [2.05, 4.69) is 0 Å². The summed E-state index contributed by atoms with van der Waals surface area (Å²) < 4.78 is 26.3. The van der Waals surface area contributed by atoms with E-state index in [0.29, 0.717) is 23.2 Å². The quantitative estimate of drug-likeness (QED) is 0.752. The fourth-order valence-corrected chi connectivity index (χ4v) is 4.65. The molecule has 1 rings (SSSR count). The van der Waals surface area contributed by atoms with Crippen molar-refractivity contribution in [2.24, 2.45) is 0 Å². The molecule has 0 unspecified atom stereocenters. The zero-order valence-electron chi connectivity index (χ0n) is 9.44. The van der Waals surface area contributed by atoms with Crippen LogP contribution in [0.5, 0.6) is 0 Å². The Balaban J connectivity index is 2.97. The van der Waals surface area contributed by atoms with Gasteiger partial charge in [-0.25, -0.2) is 8.42 Å². The largest absolute Gasteiger partial charge is 0.252 e. The molecule has 1 aromatic heterocycles. The van der Waals surface area contributed by atoms with Gasteiger partial charge in [0.25, 0.3) is 10.0 Å². The SMILES string of the molecule is CCCN(CCCl)S(=O)(=O)c1ccc(C)s1. The van der Waals surface area contributed by atoms with Gasteiger partial charge in [0, 0.05) is 23.8 Å². The lowest BCUT2D eigenvalue weighted by Gasteiger charge is -2.19. The first kappa shape index (κ1) is 14.0. The first-order valence-corrected chi connectivity index (χ1v) is 7.94. The summed E-state index contributed by atoms with van der Waals surface area (Å²) in [5, 5.41) is 0. The Labute approximate surface area is 106 Å². The molecule has 0 amide bonds. The van der Waals surface area contributed by atoms with Crippen molar-refractivity contribution in [1.82, 2.24) is 4.31 Å². The van der Waals surface area contributed by atoms with Crippen LogP contribution in [-0.4, -0.2) is 31.7 Å². The third kappa shape index (κ3) is 3.20. The fraction of sp³-hybridized carbons (Fsp3) is 0.600. The number of thiophene rings is 1. The number of alkyl halides is 1. The maximum absolute atomic E-state index is 12.2. The molecule has 6 heteroatoms. The maximum atomic E-state index is 12.2. The Hall–Kier alpha value is -0.100. The molecular weight excluding hydrogens is 266 g/mol. The highest BCUT2D eigenvalue weighted by Crippen LogP contribution is 2.24. The number of sulfonamides is 1. The highest BCUT2D eigenvalue weighted by atomic mass is 35.5. The predicted octanol–water partition coefficient (Wildman–Crippen LogP) is 2.70. The molecular formula is C10H16ClNO2S2. The Morgan fingerprint density at radius 1 is 1.38 bits per heavy atom. The Morgan fingerprint density at radius 3 is 2.50 bits per heavy atom. The molecule has 0 saturated heterocycles. The number of hydrogen-bond donors (Lipinski definition) is 0. The Bertz CT molecular complexity index is 422. The molecule has 1 heterocycles. The molecule has 0 bridgehead atoms. The summed E-state index contributed by atoms with van der Waals surface area (Å²) in [6, 6.07) is 3.48. The molecule has 0 radical (unpaired) electrons. The van der Waals surface area contributed by atoms with Gasteiger partial charge in [0.1, 0.15) is 4.21 Å². The first-order valence-electron chi connectivity index (χ1n) is 5.15. The Kier molecular flexibility index (Phi) is 5.24. The molecule has 3 nitrogen and oxygen atoms in total. The van der Waals surface area contributed by atoms with E-state index in [4.69, 9.17) is 11.6 Å². The molecule has 16 heavy (non-hydrogen) atoms. The van der Waals surface area contributed by atoms with Gasteiger partial charge in [0.2, 0.25) is 0 Å². The number of nitrogens with zero attached hydrogens (tertiary/aromatic N) is 1. The predicted molar refractivity (Wildman–Crippen MR) is 68.8 cm³/mol. The van der Waals surface area contributed by atoms with E-state index in [0.717, 1.165) is 11.3 Å². The van der Waals surface area contributed by atoms with Crippen LogP contribution in [0, 0.1) is 6.92 Å². The van der Waals surface area contributed by atoms with Crippen molar-refractivity contribution in [3.05, 3.63) is 17.0 Å². The van der Waals surface area contributed by atoms with Crippen LogP contribution in [0.4, 0.5) is 0 Å². The van der Waals surface area contributed by atoms with Gasteiger partial charge < -0.3 is 0 Å². The van der Waals surface area contributed by atoms with Crippen molar-refractivity contribution in [3.63, 3.8) is 0 Å². The molecule has 0 spiro atoms. The number of halogens is 1. The smallest absolute Gasteiger partial charge is 0.206 e. The summed E-state index contributed by atoms with van der Waals surface area (Å²) in [6.45, 7) is 4.74. The highest BCUT2D eigenvalue weighted by Gasteiger charge is 2.24. The monoisotopic (exact) mass is 281 g/mol. The van der Waals surface area contributed by atoms with E-state index in [-0.39, 0.29) is 0 Å². The van der Waals surface area contributed by atoms with Crippen molar-refractivity contribution in [3.8, 4) is 0 Å². The summed E-state index contributed by atoms with van der Waals surface area (Å²) in [6.07, 6.45) is 0.792. The van der Waals surface area contributed by atoms with E-state index in [9.17, 15) is 8.42 Å². The van der Waals surface area contributed by atoms with Gasteiger partial charge in [-0.2, -0.15) is 4.31 Å². The van der Waals surface area contributed by atoms with Gasteiger partial charge in [0.05, 0.1) is 0 Å². The molecule has 0 saturated carbocycles. The summed E-state index contributed by atoms with van der Waals surface area (Å²) in [5.41, 5.74) is 0. The molecule has 0 aliphatic heterocycles. The molecule has 92 valence electrons. The summed E-state index contributed by atoms with van der Waals surface area (Å²) in [7, 11) is -3.34. The van der Waals surface area contributed by atoms with Crippen LogP contribution in [0.3, 0.4) is 0 Å². The maximum Gasteiger partial charge on any atom is 0.252 e.